The van der Waals surface area contributed by atoms with E-state index >= 15 is 0 Å². The van der Waals surface area contributed by atoms with Gasteiger partial charge < -0.3 is 9.84 Å². The minimum absolute atomic E-state index is 0.0652. The van der Waals surface area contributed by atoms with E-state index in [1.54, 1.807) is 36.3 Å². The molecule has 0 radical (unpaired) electrons. The van der Waals surface area contributed by atoms with Gasteiger partial charge in [-0.05, 0) is 62.9 Å². The second kappa shape index (κ2) is 13.2. The second-order valence-corrected chi connectivity index (χ2v) is 11.6. The van der Waals surface area contributed by atoms with Crippen molar-refractivity contribution in [2.24, 2.45) is 0 Å². The van der Waals surface area contributed by atoms with Gasteiger partial charge in [0.05, 0.1) is 5.69 Å². The normalized spacial score (nSPS) is 13.0. The Balaban J connectivity index is 0.000000646. The van der Waals surface area contributed by atoms with E-state index in [-0.39, 0.29) is 11.8 Å². The maximum Gasteiger partial charge on any atom is 0.490 e. The van der Waals surface area contributed by atoms with E-state index in [4.69, 9.17) is 14.6 Å². The molecule has 3 heterocycles. The number of hydrogen-bond donors (Lipinski definition) is 2. The SMILES string of the molecule is COC(c1ncc(C)cn1)C(C)S(=O)(=O)Nc1nnc(-c2cncc(C)c2)n1-c1c(C)cccc1C.O=C(O)C(F)(F)F. The number of sulfonamides is 1. The summed E-state index contributed by atoms with van der Waals surface area (Å²) in [6.45, 7) is 9.24. The standard InChI is InChI=1S/C25H29N7O3S.C2HF3O2/c1-15-10-20(14-26-11-15)24-29-30-25(32(24)21-17(3)8-7-9-18(21)4)31-36(33,34)19(5)22(35-6)23-27-12-16(2)13-28-23;3-2(4,5)1(6)7/h7-14,19,22H,1-6H3,(H,30,31);(H,6,7). The summed E-state index contributed by atoms with van der Waals surface area (Å²) in [5, 5.41) is 14.7. The van der Waals surface area contributed by atoms with Crippen LogP contribution in [0.25, 0.3) is 17.1 Å². The van der Waals surface area contributed by atoms with E-state index in [1.807, 2.05) is 52.0 Å². The van der Waals surface area contributed by atoms with Crippen molar-refractivity contribution in [1.29, 1.82) is 0 Å². The van der Waals surface area contributed by atoms with Crippen molar-refractivity contribution in [3.8, 4) is 17.1 Å². The zero-order valence-electron chi connectivity index (χ0n) is 24.1. The molecular formula is C27H30F3N7O5S. The molecule has 0 aliphatic carbocycles. The summed E-state index contributed by atoms with van der Waals surface area (Å²) in [6.07, 6.45) is 0.701. The van der Waals surface area contributed by atoms with Crippen LogP contribution in [0.3, 0.4) is 0 Å². The average Bonchev–Trinajstić information content (AvgIpc) is 3.32. The van der Waals surface area contributed by atoms with E-state index in [1.165, 1.54) is 7.11 Å². The van der Waals surface area contributed by atoms with E-state index in [2.05, 4.69) is 29.9 Å². The first kappa shape index (κ1) is 33.1. The lowest BCUT2D eigenvalue weighted by Gasteiger charge is -2.22. The number of anilines is 1. The first-order valence-electron chi connectivity index (χ1n) is 12.6. The Kier molecular flexibility index (Phi) is 10.2. The number of nitrogens with zero attached hydrogens (tertiary/aromatic N) is 6. The van der Waals surface area contributed by atoms with Gasteiger partial charge in [-0.2, -0.15) is 13.2 Å². The number of para-hydroxylation sites is 1. The molecule has 0 fully saturated rings. The molecule has 43 heavy (non-hydrogen) atoms. The van der Waals surface area contributed by atoms with Crippen molar-refractivity contribution < 1.29 is 36.2 Å². The van der Waals surface area contributed by atoms with Crippen molar-refractivity contribution in [1.82, 2.24) is 29.7 Å². The van der Waals surface area contributed by atoms with Crippen molar-refractivity contribution >= 4 is 21.9 Å². The number of nitrogens with one attached hydrogen (secondary N) is 1. The third-order valence-electron chi connectivity index (χ3n) is 6.16. The summed E-state index contributed by atoms with van der Waals surface area (Å²) in [5.74, 6) is -1.94. The lowest BCUT2D eigenvalue weighted by Crippen LogP contribution is -2.33. The molecule has 0 amide bonds. The zero-order valence-corrected chi connectivity index (χ0v) is 24.9. The minimum atomic E-state index is -5.08. The first-order valence-corrected chi connectivity index (χ1v) is 14.2. The van der Waals surface area contributed by atoms with Crippen LogP contribution in [0.15, 0.2) is 49.1 Å². The van der Waals surface area contributed by atoms with E-state index < -0.39 is 33.5 Å². The molecule has 2 unspecified atom stereocenters. The highest BCUT2D eigenvalue weighted by Crippen LogP contribution is 2.31. The number of alkyl halides is 3. The molecule has 4 rings (SSSR count). The highest BCUT2D eigenvalue weighted by atomic mass is 32.2. The Hall–Kier alpha value is -4.44. The van der Waals surface area contributed by atoms with Gasteiger partial charge in [0.1, 0.15) is 11.4 Å². The van der Waals surface area contributed by atoms with Gasteiger partial charge in [-0.1, -0.05) is 18.2 Å². The number of benzene rings is 1. The minimum Gasteiger partial charge on any atom is -0.475 e. The molecule has 0 bridgehead atoms. The number of halogens is 3. The average molecular weight is 622 g/mol. The number of rotatable bonds is 8. The number of methoxy groups -OCH3 is 1. The fourth-order valence-electron chi connectivity index (χ4n) is 4.02. The fraction of sp³-hybridized carbons (Fsp3) is 0.333. The molecule has 3 aromatic heterocycles. The topological polar surface area (TPSA) is 162 Å². The van der Waals surface area contributed by atoms with Crippen molar-refractivity contribution in [2.45, 2.75) is 52.1 Å². The Morgan fingerprint density at radius 3 is 2.09 bits per heavy atom. The maximum absolute atomic E-state index is 13.6. The molecule has 0 saturated heterocycles. The van der Waals surface area contributed by atoms with Gasteiger partial charge in [-0.3, -0.25) is 14.3 Å². The molecular weight excluding hydrogens is 591 g/mol. The second-order valence-electron chi connectivity index (χ2n) is 9.60. The maximum atomic E-state index is 13.6. The summed E-state index contributed by atoms with van der Waals surface area (Å²) in [5.41, 5.74) is 5.18. The summed E-state index contributed by atoms with van der Waals surface area (Å²) < 4.78 is 68.7. The molecule has 0 spiro atoms. The van der Waals surface area contributed by atoms with E-state index in [0.29, 0.717) is 11.4 Å². The Morgan fingerprint density at radius 2 is 1.58 bits per heavy atom. The Labute approximate surface area is 246 Å². The number of ether oxygens (including phenoxy) is 1. The van der Waals surface area contributed by atoms with Gasteiger partial charge in [0.2, 0.25) is 16.0 Å². The fourth-order valence-corrected chi connectivity index (χ4v) is 5.15. The van der Waals surface area contributed by atoms with Gasteiger partial charge >= 0.3 is 12.1 Å². The smallest absolute Gasteiger partial charge is 0.475 e. The van der Waals surface area contributed by atoms with Crippen molar-refractivity contribution in [3.63, 3.8) is 0 Å². The third-order valence-corrected chi connectivity index (χ3v) is 7.85. The number of carboxylic acids is 1. The molecule has 12 nitrogen and oxygen atoms in total. The zero-order chi connectivity index (χ0) is 32.1. The van der Waals surface area contributed by atoms with Gasteiger partial charge in [-0.15, -0.1) is 10.2 Å². The quantitative estimate of drug-likeness (QED) is 0.286. The van der Waals surface area contributed by atoms with Gasteiger partial charge in [0.25, 0.3) is 0 Å². The molecule has 0 saturated carbocycles. The lowest BCUT2D eigenvalue weighted by atomic mass is 10.1. The molecule has 16 heteroatoms. The summed E-state index contributed by atoms with van der Waals surface area (Å²) in [7, 11) is -2.58. The van der Waals surface area contributed by atoms with Crippen LogP contribution in [-0.2, 0) is 19.6 Å². The van der Waals surface area contributed by atoms with Crippen LogP contribution in [-0.4, -0.2) is 67.7 Å². The Morgan fingerprint density at radius 1 is 1.00 bits per heavy atom. The summed E-state index contributed by atoms with van der Waals surface area (Å²) in [6, 6.07) is 7.79. The highest BCUT2D eigenvalue weighted by molar-refractivity contribution is 7.93. The largest absolute Gasteiger partial charge is 0.490 e. The Bertz CT molecular complexity index is 1670. The number of aliphatic carboxylic acids is 1. The third kappa shape index (κ3) is 7.90. The molecule has 0 aliphatic heterocycles. The number of carbonyl (C=O) groups is 1. The van der Waals surface area contributed by atoms with Crippen LogP contribution in [0.1, 0.15) is 41.1 Å². The number of aromatic nitrogens is 6. The van der Waals surface area contributed by atoms with Crippen LogP contribution in [0.4, 0.5) is 19.1 Å². The van der Waals surface area contributed by atoms with Gasteiger partial charge in [0, 0.05) is 37.5 Å². The highest BCUT2D eigenvalue weighted by Gasteiger charge is 2.38. The predicted molar refractivity (Wildman–Crippen MR) is 151 cm³/mol. The molecule has 1 aromatic carbocycles. The number of hydrogen-bond acceptors (Lipinski definition) is 9. The summed E-state index contributed by atoms with van der Waals surface area (Å²) >= 11 is 0. The number of carboxylic acid groups (broad SMARTS) is 1. The molecule has 4 aromatic rings. The molecule has 230 valence electrons. The number of pyridine rings is 1. The summed E-state index contributed by atoms with van der Waals surface area (Å²) in [4.78, 5) is 21.7. The monoisotopic (exact) mass is 621 g/mol. The van der Waals surface area contributed by atoms with Gasteiger partial charge in [-0.25, -0.2) is 23.2 Å². The van der Waals surface area contributed by atoms with Crippen LogP contribution in [0, 0.1) is 27.7 Å². The van der Waals surface area contributed by atoms with Crippen LogP contribution >= 0.6 is 0 Å². The predicted octanol–water partition coefficient (Wildman–Crippen LogP) is 4.50. The van der Waals surface area contributed by atoms with E-state index in [0.717, 1.165) is 27.9 Å². The molecule has 2 N–H and O–H groups in total. The van der Waals surface area contributed by atoms with E-state index in [9.17, 15) is 21.6 Å². The molecule has 2 atom stereocenters. The number of aryl methyl sites for hydroxylation is 4. The van der Waals surface area contributed by atoms with Crippen LogP contribution in [0.5, 0.6) is 0 Å². The first-order chi connectivity index (χ1) is 20.1. The lowest BCUT2D eigenvalue weighted by molar-refractivity contribution is -0.192. The van der Waals surface area contributed by atoms with Crippen molar-refractivity contribution in [3.05, 3.63) is 77.1 Å². The van der Waals surface area contributed by atoms with Gasteiger partial charge in [0.15, 0.2) is 11.6 Å². The van der Waals surface area contributed by atoms with Crippen molar-refractivity contribution in [2.75, 3.05) is 11.8 Å². The van der Waals surface area contributed by atoms with Crippen LogP contribution in [0.2, 0.25) is 0 Å². The van der Waals surface area contributed by atoms with Crippen LogP contribution < -0.4 is 4.72 Å². The molecule has 0 aliphatic rings.